The number of rotatable bonds is 5. The van der Waals surface area contributed by atoms with Gasteiger partial charge in [-0.05, 0) is 6.07 Å². The molecule has 1 saturated heterocycles. The Bertz CT molecular complexity index is 553. The molecular formula is C12H19N3O4S. The van der Waals surface area contributed by atoms with Gasteiger partial charge in [0.1, 0.15) is 0 Å². The monoisotopic (exact) mass is 301 g/mol. The van der Waals surface area contributed by atoms with E-state index in [1.54, 1.807) is 18.5 Å². The summed E-state index contributed by atoms with van der Waals surface area (Å²) < 4.78 is 30.3. The van der Waals surface area contributed by atoms with Gasteiger partial charge in [-0.1, -0.05) is 0 Å². The first-order chi connectivity index (χ1) is 9.40. The van der Waals surface area contributed by atoms with Crippen molar-refractivity contribution in [3.8, 4) is 0 Å². The van der Waals surface area contributed by atoms with E-state index in [4.69, 9.17) is 4.74 Å². The molecule has 8 heteroatoms. The van der Waals surface area contributed by atoms with Crippen molar-refractivity contribution < 1.29 is 17.9 Å². The first-order valence-corrected chi connectivity index (χ1v) is 7.92. The Morgan fingerprint density at radius 1 is 1.50 bits per heavy atom. The topological polar surface area (TPSA) is 91.5 Å². The summed E-state index contributed by atoms with van der Waals surface area (Å²) in [5.41, 5.74) is 0.520. The van der Waals surface area contributed by atoms with Crippen molar-refractivity contribution in [3.05, 3.63) is 24.0 Å². The molecule has 1 aromatic rings. The number of sulfonamides is 1. The maximum Gasteiger partial charge on any atom is 0.253 e. The normalized spacial score (nSPS) is 23.1. The van der Waals surface area contributed by atoms with E-state index in [0.717, 1.165) is 0 Å². The molecule has 0 aromatic carbocycles. The molecule has 1 fully saturated rings. The molecule has 0 saturated carbocycles. The van der Waals surface area contributed by atoms with Crippen molar-refractivity contribution in [2.24, 2.45) is 5.92 Å². The highest BCUT2D eigenvalue weighted by Gasteiger charge is 2.34. The lowest BCUT2D eigenvalue weighted by atomic mass is 10.1. The maximum atomic E-state index is 12.0. The van der Waals surface area contributed by atoms with Crippen molar-refractivity contribution in [1.29, 1.82) is 0 Å². The van der Waals surface area contributed by atoms with Gasteiger partial charge in [-0.2, -0.15) is 0 Å². The lowest BCUT2D eigenvalue weighted by Gasteiger charge is -2.20. The van der Waals surface area contributed by atoms with E-state index in [-0.39, 0.29) is 23.6 Å². The summed E-state index contributed by atoms with van der Waals surface area (Å²) in [5.74, 6) is -0.489. The number of hydrogen-bond acceptors (Lipinski definition) is 4. The molecule has 2 heterocycles. The Kier molecular flexibility index (Phi) is 4.46. The molecule has 0 unspecified atom stereocenters. The van der Waals surface area contributed by atoms with Crippen LogP contribution in [-0.4, -0.2) is 62.7 Å². The van der Waals surface area contributed by atoms with Crippen LogP contribution in [0.4, 0.5) is 0 Å². The first-order valence-electron chi connectivity index (χ1n) is 6.32. The highest BCUT2D eigenvalue weighted by molar-refractivity contribution is 7.89. The molecule has 1 amide bonds. The number of aromatic amines is 1. The summed E-state index contributed by atoms with van der Waals surface area (Å²) in [7, 11) is -0.311. The van der Waals surface area contributed by atoms with Crippen molar-refractivity contribution in [3.63, 3.8) is 0 Å². The molecule has 20 heavy (non-hydrogen) atoms. The second-order valence-corrected chi connectivity index (χ2v) is 7.27. The molecular weight excluding hydrogens is 282 g/mol. The van der Waals surface area contributed by atoms with Gasteiger partial charge in [-0.15, -0.1) is 0 Å². The van der Waals surface area contributed by atoms with Crippen LogP contribution in [0.2, 0.25) is 0 Å². The second kappa shape index (κ2) is 5.94. The summed E-state index contributed by atoms with van der Waals surface area (Å²) >= 11 is 0. The highest BCUT2D eigenvalue weighted by Crippen LogP contribution is 2.17. The minimum Gasteiger partial charge on any atom is -0.379 e. The molecule has 2 atom stereocenters. The molecule has 0 bridgehead atoms. The zero-order valence-electron chi connectivity index (χ0n) is 11.5. The van der Waals surface area contributed by atoms with Gasteiger partial charge in [0, 0.05) is 32.4 Å². The smallest absolute Gasteiger partial charge is 0.253 e. The predicted molar refractivity (Wildman–Crippen MR) is 73.8 cm³/mol. The SMILES string of the molecule is CN(C)S(=O)(=O)C[C@@H]1COC[C@H]1NC(=O)c1cc[nH]c1. The third-order valence-electron chi connectivity index (χ3n) is 3.36. The van der Waals surface area contributed by atoms with Gasteiger partial charge >= 0.3 is 0 Å². The van der Waals surface area contributed by atoms with Crippen molar-refractivity contribution >= 4 is 15.9 Å². The zero-order chi connectivity index (χ0) is 14.8. The van der Waals surface area contributed by atoms with E-state index < -0.39 is 10.0 Å². The minimum atomic E-state index is -3.31. The van der Waals surface area contributed by atoms with Crippen molar-refractivity contribution in [1.82, 2.24) is 14.6 Å². The number of H-pyrrole nitrogens is 1. The Labute approximate surface area is 118 Å². The average molecular weight is 301 g/mol. The average Bonchev–Trinajstić information content (AvgIpc) is 3.00. The van der Waals surface area contributed by atoms with Crippen molar-refractivity contribution in [2.75, 3.05) is 33.1 Å². The molecule has 112 valence electrons. The maximum absolute atomic E-state index is 12.0. The van der Waals surface area contributed by atoms with Crippen LogP contribution >= 0.6 is 0 Å². The minimum absolute atomic E-state index is 0.0297. The van der Waals surface area contributed by atoms with E-state index in [9.17, 15) is 13.2 Å². The van der Waals surface area contributed by atoms with Crippen LogP contribution < -0.4 is 5.32 Å². The Morgan fingerprint density at radius 3 is 2.85 bits per heavy atom. The van der Waals surface area contributed by atoms with Crippen LogP contribution in [0.3, 0.4) is 0 Å². The molecule has 7 nitrogen and oxygen atoms in total. The summed E-state index contributed by atoms with van der Waals surface area (Å²) in [4.78, 5) is 14.8. The van der Waals surface area contributed by atoms with Gasteiger partial charge < -0.3 is 15.0 Å². The number of hydrogen-bond donors (Lipinski definition) is 2. The van der Waals surface area contributed by atoms with Gasteiger partial charge in [0.2, 0.25) is 10.0 Å². The van der Waals surface area contributed by atoms with E-state index in [1.807, 2.05) is 0 Å². The fourth-order valence-electron chi connectivity index (χ4n) is 2.06. The summed E-state index contributed by atoms with van der Waals surface area (Å²) in [6, 6.07) is 1.38. The van der Waals surface area contributed by atoms with Crippen molar-refractivity contribution in [2.45, 2.75) is 6.04 Å². The van der Waals surface area contributed by atoms with E-state index in [1.165, 1.54) is 18.4 Å². The standard InChI is InChI=1S/C12H19N3O4S/c1-15(2)20(17,18)8-10-6-19-7-11(10)14-12(16)9-3-4-13-5-9/h3-5,10-11,13H,6-8H2,1-2H3,(H,14,16)/t10-,11+/m0/s1. The summed E-state index contributed by atoms with van der Waals surface area (Å²) in [6.07, 6.45) is 3.25. The molecule has 1 aromatic heterocycles. The van der Waals surface area contributed by atoms with Crippen LogP contribution in [0.15, 0.2) is 18.5 Å². The number of carbonyl (C=O) groups excluding carboxylic acids is 1. The number of nitrogens with zero attached hydrogens (tertiary/aromatic N) is 1. The second-order valence-electron chi connectivity index (χ2n) is 5.04. The number of carbonyl (C=O) groups is 1. The van der Waals surface area contributed by atoms with Crippen LogP contribution in [0.1, 0.15) is 10.4 Å². The molecule has 0 spiro atoms. The number of ether oxygens (including phenoxy) is 1. The van der Waals surface area contributed by atoms with Gasteiger partial charge in [0.05, 0.1) is 30.6 Å². The summed E-state index contributed by atoms with van der Waals surface area (Å²) in [6.45, 7) is 0.676. The molecule has 2 rings (SSSR count). The third kappa shape index (κ3) is 3.38. The quantitative estimate of drug-likeness (QED) is 0.778. The molecule has 1 aliphatic heterocycles. The van der Waals surface area contributed by atoms with Gasteiger partial charge in [-0.3, -0.25) is 4.79 Å². The third-order valence-corrected chi connectivity index (χ3v) is 5.32. The van der Waals surface area contributed by atoms with E-state index >= 15 is 0 Å². The molecule has 1 aliphatic rings. The predicted octanol–water partition coefficient (Wildman–Crippen LogP) is -0.349. The van der Waals surface area contributed by atoms with Crippen LogP contribution in [-0.2, 0) is 14.8 Å². The molecule has 0 aliphatic carbocycles. The lowest BCUT2D eigenvalue weighted by Crippen LogP contribution is -2.43. The fourth-order valence-corrected chi connectivity index (χ4v) is 3.23. The Morgan fingerprint density at radius 2 is 2.25 bits per heavy atom. The molecule has 0 radical (unpaired) electrons. The Hall–Kier alpha value is -1.38. The highest BCUT2D eigenvalue weighted by atomic mass is 32.2. The number of aromatic nitrogens is 1. The molecule has 2 N–H and O–H groups in total. The number of nitrogens with one attached hydrogen (secondary N) is 2. The zero-order valence-corrected chi connectivity index (χ0v) is 12.3. The largest absolute Gasteiger partial charge is 0.379 e. The van der Waals surface area contributed by atoms with Gasteiger partial charge in [0.15, 0.2) is 0 Å². The van der Waals surface area contributed by atoms with E-state index in [2.05, 4.69) is 10.3 Å². The number of amides is 1. The summed E-state index contributed by atoms with van der Waals surface area (Å²) in [5, 5.41) is 2.83. The van der Waals surface area contributed by atoms with Crippen LogP contribution in [0.5, 0.6) is 0 Å². The Balaban J connectivity index is 1.99. The van der Waals surface area contributed by atoms with Gasteiger partial charge in [0.25, 0.3) is 5.91 Å². The van der Waals surface area contributed by atoms with Crippen LogP contribution in [0.25, 0.3) is 0 Å². The fraction of sp³-hybridized carbons (Fsp3) is 0.583. The van der Waals surface area contributed by atoms with Crippen LogP contribution in [0, 0.1) is 5.92 Å². The first kappa shape index (κ1) is 15.0. The van der Waals surface area contributed by atoms with E-state index in [0.29, 0.717) is 18.8 Å². The van der Waals surface area contributed by atoms with Gasteiger partial charge in [-0.25, -0.2) is 12.7 Å². The lowest BCUT2D eigenvalue weighted by molar-refractivity contribution is 0.0926.